The Morgan fingerprint density at radius 1 is 1.00 bits per heavy atom. The van der Waals surface area contributed by atoms with Crippen LogP contribution < -0.4 is 14.2 Å². The highest BCUT2D eigenvalue weighted by molar-refractivity contribution is 5.82. The van der Waals surface area contributed by atoms with Crippen molar-refractivity contribution in [2.75, 3.05) is 20.3 Å². The molecule has 0 N–H and O–H groups in total. The number of fused-ring (bicyclic) bond motifs is 1. The van der Waals surface area contributed by atoms with Gasteiger partial charge in [0.2, 0.25) is 0 Å². The lowest BCUT2D eigenvalue weighted by Gasteiger charge is -2.18. The first kappa shape index (κ1) is 12.5. The Labute approximate surface area is 117 Å². The Kier molecular flexibility index (Phi) is 3.54. The van der Waals surface area contributed by atoms with Gasteiger partial charge >= 0.3 is 0 Å². The van der Waals surface area contributed by atoms with Gasteiger partial charge in [-0.25, -0.2) is 0 Å². The first-order valence-electron chi connectivity index (χ1n) is 6.43. The average molecular weight is 269 g/mol. The van der Waals surface area contributed by atoms with E-state index in [1.807, 2.05) is 48.7 Å². The molecule has 4 nitrogen and oxygen atoms in total. The third-order valence-corrected chi connectivity index (χ3v) is 3.00. The van der Waals surface area contributed by atoms with Crippen molar-refractivity contribution in [3.05, 3.63) is 48.0 Å². The van der Waals surface area contributed by atoms with E-state index in [0.29, 0.717) is 13.2 Å². The minimum Gasteiger partial charge on any atom is -0.497 e. The third kappa shape index (κ3) is 2.74. The summed E-state index contributed by atoms with van der Waals surface area (Å²) in [5, 5.41) is 0. The molecular formula is C16H15NO3. The maximum absolute atomic E-state index is 5.53. The van der Waals surface area contributed by atoms with E-state index in [-0.39, 0.29) is 0 Å². The van der Waals surface area contributed by atoms with Crippen molar-refractivity contribution in [3.63, 3.8) is 0 Å². The van der Waals surface area contributed by atoms with Gasteiger partial charge in [0.15, 0.2) is 11.5 Å². The van der Waals surface area contributed by atoms with Gasteiger partial charge in [0.1, 0.15) is 19.0 Å². The standard InChI is InChI=1S/C16H15NO3/c1-18-14-5-2-12(3-6-14)11-17-13-4-7-15-16(10-13)20-9-8-19-15/h2-7,10-11H,8-9H2,1H3. The summed E-state index contributed by atoms with van der Waals surface area (Å²) in [5.74, 6) is 2.36. The van der Waals surface area contributed by atoms with Crippen molar-refractivity contribution in [2.45, 2.75) is 0 Å². The maximum Gasteiger partial charge on any atom is 0.163 e. The topological polar surface area (TPSA) is 40.0 Å². The van der Waals surface area contributed by atoms with Crippen LogP contribution in [0.2, 0.25) is 0 Å². The van der Waals surface area contributed by atoms with E-state index in [1.54, 1.807) is 7.11 Å². The van der Waals surface area contributed by atoms with Crippen LogP contribution in [0, 0.1) is 0 Å². The molecule has 0 atom stereocenters. The molecule has 0 spiro atoms. The van der Waals surface area contributed by atoms with Gasteiger partial charge < -0.3 is 14.2 Å². The molecule has 1 aliphatic heterocycles. The Hall–Kier alpha value is -2.49. The molecule has 0 saturated heterocycles. The predicted octanol–water partition coefficient (Wildman–Crippen LogP) is 3.22. The lowest BCUT2D eigenvalue weighted by molar-refractivity contribution is 0.171. The zero-order valence-corrected chi connectivity index (χ0v) is 11.2. The van der Waals surface area contributed by atoms with Gasteiger partial charge in [-0.3, -0.25) is 4.99 Å². The fourth-order valence-corrected chi connectivity index (χ4v) is 1.95. The van der Waals surface area contributed by atoms with Crippen LogP contribution >= 0.6 is 0 Å². The van der Waals surface area contributed by atoms with Gasteiger partial charge in [-0.15, -0.1) is 0 Å². The number of hydrogen-bond donors (Lipinski definition) is 0. The van der Waals surface area contributed by atoms with Crippen molar-refractivity contribution in [2.24, 2.45) is 4.99 Å². The van der Waals surface area contributed by atoms with E-state index in [2.05, 4.69) is 4.99 Å². The normalized spacial score (nSPS) is 13.4. The third-order valence-electron chi connectivity index (χ3n) is 3.00. The number of nitrogens with zero attached hydrogens (tertiary/aromatic N) is 1. The van der Waals surface area contributed by atoms with E-state index in [9.17, 15) is 0 Å². The molecule has 102 valence electrons. The lowest BCUT2D eigenvalue weighted by Crippen LogP contribution is -2.14. The first-order valence-corrected chi connectivity index (χ1v) is 6.43. The molecule has 0 radical (unpaired) electrons. The SMILES string of the molecule is COc1ccc(C=Nc2ccc3c(c2)OCCO3)cc1. The molecular weight excluding hydrogens is 254 g/mol. The molecule has 0 amide bonds. The zero-order chi connectivity index (χ0) is 13.8. The minimum atomic E-state index is 0.582. The first-order chi connectivity index (χ1) is 9.85. The summed E-state index contributed by atoms with van der Waals surface area (Å²) in [6, 6.07) is 13.4. The number of rotatable bonds is 3. The summed E-state index contributed by atoms with van der Waals surface area (Å²) in [6.07, 6.45) is 1.81. The van der Waals surface area contributed by atoms with Crippen LogP contribution in [0.15, 0.2) is 47.5 Å². The molecule has 4 heteroatoms. The molecule has 1 aliphatic rings. The van der Waals surface area contributed by atoms with Crippen LogP contribution in [-0.4, -0.2) is 26.5 Å². The fraction of sp³-hybridized carbons (Fsp3) is 0.188. The van der Waals surface area contributed by atoms with Crippen LogP contribution in [0.5, 0.6) is 17.2 Å². The molecule has 20 heavy (non-hydrogen) atoms. The number of methoxy groups -OCH3 is 1. The zero-order valence-electron chi connectivity index (χ0n) is 11.2. The minimum absolute atomic E-state index is 0.582. The van der Waals surface area contributed by atoms with Crippen LogP contribution in [-0.2, 0) is 0 Å². The molecule has 0 aromatic heterocycles. The van der Waals surface area contributed by atoms with Gasteiger partial charge in [0.25, 0.3) is 0 Å². The van der Waals surface area contributed by atoms with E-state index in [1.165, 1.54) is 0 Å². The Balaban J connectivity index is 1.77. The highest BCUT2D eigenvalue weighted by Crippen LogP contribution is 2.33. The second-order valence-corrected chi connectivity index (χ2v) is 4.36. The summed E-state index contributed by atoms with van der Waals surface area (Å²) in [4.78, 5) is 4.44. The molecule has 1 heterocycles. The fourth-order valence-electron chi connectivity index (χ4n) is 1.95. The molecule has 0 aliphatic carbocycles. The number of benzene rings is 2. The molecule has 0 unspecified atom stereocenters. The lowest BCUT2D eigenvalue weighted by atomic mass is 10.2. The van der Waals surface area contributed by atoms with Gasteiger partial charge in [-0.2, -0.15) is 0 Å². The monoisotopic (exact) mass is 269 g/mol. The van der Waals surface area contributed by atoms with E-state index in [0.717, 1.165) is 28.5 Å². The summed E-state index contributed by atoms with van der Waals surface area (Å²) in [7, 11) is 1.65. The van der Waals surface area contributed by atoms with Gasteiger partial charge in [0, 0.05) is 12.3 Å². The molecule has 3 rings (SSSR count). The molecule has 0 saturated carbocycles. The second-order valence-electron chi connectivity index (χ2n) is 4.36. The highest BCUT2D eigenvalue weighted by Gasteiger charge is 2.10. The number of hydrogen-bond acceptors (Lipinski definition) is 4. The van der Waals surface area contributed by atoms with Crippen LogP contribution in [0.4, 0.5) is 5.69 Å². The summed E-state index contributed by atoms with van der Waals surface area (Å²) in [6.45, 7) is 1.18. The van der Waals surface area contributed by atoms with Crippen LogP contribution in [0.25, 0.3) is 0 Å². The van der Waals surface area contributed by atoms with Crippen molar-refractivity contribution in [1.29, 1.82) is 0 Å². The largest absolute Gasteiger partial charge is 0.497 e. The Bertz CT molecular complexity index is 620. The highest BCUT2D eigenvalue weighted by atomic mass is 16.6. The summed E-state index contributed by atoms with van der Waals surface area (Å²) in [5.41, 5.74) is 1.85. The number of aliphatic imine (C=N–C) groups is 1. The molecule has 2 aromatic carbocycles. The van der Waals surface area contributed by atoms with E-state index in [4.69, 9.17) is 14.2 Å². The number of ether oxygens (including phenoxy) is 3. The van der Waals surface area contributed by atoms with Gasteiger partial charge in [-0.05, 0) is 42.0 Å². The summed E-state index contributed by atoms with van der Waals surface area (Å²) >= 11 is 0. The summed E-state index contributed by atoms with van der Waals surface area (Å²) < 4.78 is 16.1. The molecule has 0 bridgehead atoms. The van der Waals surface area contributed by atoms with Gasteiger partial charge in [-0.1, -0.05) is 0 Å². The quantitative estimate of drug-likeness (QED) is 0.803. The smallest absolute Gasteiger partial charge is 0.163 e. The van der Waals surface area contributed by atoms with Crippen LogP contribution in [0.3, 0.4) is 0 Å². The van der Waals surface area contributed by atoms with E-state index < -0.39 is 0 Å². The van der Waals surface area contributed by atoms with Crippen LogP contribution in [0.1, 0.15) is 5.56 Å². The van der Waals surface area contributed by atoms with Crippen molar-refractivity contribution < 1.29 is 14.2 Å². The van der Waals surface area contributed by atoms with Crippen molar-refractivity contribution in [3.8, 4) is 17.2 Å². The van der Waals surface area contributed by atoms with Crippen molar-refractivity contribution >= 4 is 11.9 Å². The molecule has 0 fully saturated rings. The van der Waals surface area contributed by atoms with E-state index >= 15 is 0 Å². The maximum atomic E-state index is 5.53. The van der Waals surface area contributed by atoms with Gasteiger partial charge in [0.05, 0.1) is 12.8 Å². The second kappa shape index (κ2) is 5.65. The predicted molar refractivity (Wildman–Crippen MR) is 77.7 cm³/mol. The molecule has 2 aromatic rings. The Morgan fingerprint density at radius 2 is 1.75 bits per heavy atom. The average Bonchev–Trinajstić information content (AvgIpc) is 2.53. The van der Waals surface area contributed by atoms with Crippen molar-refractivity contribution in [1.82, 2.24) is 0 Å². The Morgan fingerprint density at radius 3 is 2.50 bits per heavy atom.